The van der Waals surface area contributed by atoms with Gasteiger partial charge < -0.3 is 10.4 Å². The summed E-state index contributed by atoms with van der Waals surface area (Å²) < 4.78 is 2.14. The summed E-state index contributed by atoms with van der Waals surface area (Å²) in [5.74, 6) is 2.07. The Hall–Kier alpha value is -0.440. The fourth-order valence-corrected chi connectivity index (χ4v) is 6.03. The van der Waals surface area contributed by atoms with Crippen molar-refractivity contribution in [1.82, 2.24) is 0 Å². The van der Waals surface area contributed by atoms with Crippen LogP contribution in [0.3, 0.4) is 0 Å². The van der Waals surface area contributed by atoms with Gasteiger partial charge in [0.1, 0.15) is 5.75 Å². The first-order chi connectivity index (χ1) is 11.6. The van der Waals surface area contributed by atoms with E-state index < -0.39 is 0 Å². The fourth-order valence-electron chi connectivity index (χ4n) is 4.75. The van der Waals surface area contributed by atoms with E-state index in [9.17, 15) is 5.11 Å². The van der Waals surface area contributed by atoms with E-state index in [0.717, 1.165) is 24.1 Å². The molecular weight excluding hydrogens is 526 g/mol. The first-order valence-corrected chi connectivity index (χ1v) is 10.6. The lowest BCUT2D eigenvalue weighted by molar-refractivity contribution is 0.292. The Morgan fingerprint density at radius 3 is 2.75 bits per heavy atom. The summed E-state index contributed by atoms with van der Waals surface area (Å²) >= 11 is 4.66. The number of hydrogen-bond acceptors (Lipinski definition) is 3. The molecule has 3 aliphatic rings. The molecule has 3 nitrogen and oxygen atoms in total. The average Bonchev–Trinajstić information content (AvgIpc) is 3.04. The summed E-state index contributed by atoms with van der Waals surface area (Å²) in [5.41, 5.74) is 4.61. The highest BCUT2D eigenvalue weighted by Gasteiger charge is 2.43. The van der Waals surface area contributed by atoms with Gasteiger partial charge in [-0.1, -0.05) is 24.3 Å². The zero-order valence-electron chi connectivity index (χ0n) is 13.7. The third kappa shape index (κ3) is 2.75. The summed E-state index contributed by atoms with van der Waals surface area (Å²) in [7, 11) is 0. The van der Waals surface area contributed by atoms with E-state index in [2.05, 4.69) is 83.6 Å². The van der Waals surface area contributed by atoms with Crippen LogP contribution in [0.1, 0.15) is 42.7 Å². The number of aryl methyl sites for hydroxylation is 1. The number of allylic oxidation sites excluding steroid dienone is 4. The summed E-state index contributed by atoms with van der Waals surface area (Å²) in [6, 6.07) is 2.35. The Kier molecular flexibility index (Phi) is 4.75. The minimum absolute atomic E-state index is 0.399. The number of rotatable bonds is 2. The van der Waals surface area contributed by atoms with E-state index in [1.54, 1.807) is 0 Å². The van der Waals surface area contributed by atoms with Gasteiger partial charge in [-0.15, -0.1) is 0 Å². The number of phenolic OH excluding ortho intramolecular Hbond substituents is 1. The molecule has 5 heteroatoms. The molecule has 128 valence electrons. The van der Waals surface area contributed by atoms with Crippen molar-refractivity contribution in [2.24, 2.45) is 11.8 Å². The van der Waals surface area contributed by atoms with Crippen LogP contribution in [0.25, 0.3) is 0 Å². The zero-order valence-corrected chi connectivity index (χ0v) is 18.0. The van der Waals surface area contributed by atoms with Gasteiger partial charge >= 0.3 is 0 Å². The molecule has 0 amide bonds. The molecule has 0 spiro atoms. The van der Waals surface area contributed by atoms with E-state index in [-0.39, 0.29) is 0 Å². The molecule has 0 saturated carbocycles. The minimum Gasteiger partial charge on any atom is -0.506 e. The SMILES string of the molecule is Cc1cc(O)c2c(c1N(I)I)C1C=CCC1C(C1CC=CCC1)N2. The van der Waals surface area contributed by atoms with Gasteiger partial charge in [0, 0.05) is 17.5 Å². The van der Waals surface area contributed by atoms with Crippen molar-refractivity contribution >= 4 is 57.1 Å². The molecule has 0 bridgehead atoms. The number of phenols is 1. The second-order valence-electron chi connectivity index (χ2n) is 7.15. The molecule has 4 unspecified atom stereocenters. The minimum atomic E-state index is 0.399. The number of nitrogens with zero attached hydrogens (tertiary/aromatic N) is 1. The molecule has 1 aromatic rings. The lowest BCUT2D eigenvalue weighted by Gasteiger charge is -2.43. The van der Waals surface area contributed by atoms with Crippen LogP contribution in [0.15, 0.2) is 30.4 Å². The first kappa shape index (κ1) is 17.0. The topological polar surface area (TPSA) is 35.5 Å². The van der Waals surface area contributed by atoms with Gasteiger partial charge in [-0.3, -0.25) is 1.33 Å². The molecule has 4 rings (SSSR count). The molecule has 0 saturated heterocycles. The monoisotopic (exact) mass is 548 g/mol. The van der Waals surface area contributed by atoms with Gasteiger partial charge in [-0.2, -0.15) is 0 Å². The van der Waals surface area contributed by atoms with Crippen molar-refractivity contribution in [2.75, 3.05) is 6.64 Å². The Bertz CT molecular complexity index is 714. The molecule has 24 heavy (non-hydrogen) atoms. The quantitative estimate of drug-likeness (QED) is 0.206. The Balaban J connectivity index is 1.82. The lowest BCUT2D eigenvalue weighted by Crippen LogP contribution is -2.42. The molecule has 0 radical (unpaired) electrons. The molecule has 2 aliphatic carbocycles. The Morgan fingerprint density at radius 2 is 2.04 bits per heavy atom. The highest BCUT2D eigenvalue weighted by atomic mass is 127. The van der Waals surface area contributed by atoms with Crippen molar-refractivity contribution in [2.45, 2.75) is 44.6 Å². The molecule has 0 fully saturated rings. The van der Waals surface area contributed by atoms with Crippen molar-refractivity contribution < 1.29 is 5.11 Å². The number of hydrogen-bond donors (Lipinski definition) is 2. The van der Waals surface area contributed by atoms with Crippen LogP contribution in [-0.4, -0.2) is 11.1 Å². The van der Waals surface area contributed by atoms with E-state index in [1.165, 1.54) is 24.1 Å². The zero-order chi connectivity index (χ0) is 16.8. The highest BCUT2D eigenvalue weighted by Crippen LogP contribution is 2.55. The maximum Gasteiger partial charge on any atom is 0.139 e. The Morgan fingerprint density at radius 1 is 1.21 bits per heavy atom. The maximum atomic E-state index is 10.7. The lowest BCUT2D eigenvalue weighted by atomic mass is 9.71. The number of fused-ring (bicyclic) bond motifs is 3. The van der Waals surface area contributed by atoms with Crippen LogP contribution in [-0.2, 0) is 0 Å². The van der Waals surface area contributed by atoms with Crippen molar-refractivity contribution in [3.8, 4) is 5.75 Å². The number of anilines is 2. The van der Waals surface area contributed by atoms with Gasteiger partial charge in [0.15, 0.2) is 0 Å². The van der Waals surface area contributed by atoms with Crippen molar-refractivity contribution in [3.63, 3.8) is 0 Å². The first-order valence-electron chi connectivity index (χ1n) is 8.64. The smallest absolute Gasteiger partial charge is 0.139 e. The third-order valence-electron chi connectivity index (χ3n) is 5.81. The van der Waals surface area contributed by atoms with Gasteiger partial charge in [0.05, 0.1) is 57.1 Å². The third-order valence-corrected chi connectivity index (χ3v) is 6.78. The summed E-state index contributed by atoms with van der Waals surface area (Å²) in [6.45, 7) is 2.09. The fraction of sp³-hybridized carbons (Fsp3) is 0.474. The summed E-state index contributed by atoms with van der Waals surface area (Å²) in [6.07, 6.45) is 14.1. The number of halogens is 2. The Labute approximate surface area is 171 Å². The second-order valence-corrected chi connectivity index (χ2v) is 10.9. The number of aromatic hydroxyl groups is 1. The predicted octanol–water partition coefficient (Wildman–Crippen LogP) is 6.02. The van der Waals surface area contributed by atoms with Crippen LogP contribution >= 0.6 is 45.7 Å². The van der Waals surface area contributed by atoms with Crippen molar-refractivity contribution in [1.29, 1.82) is 0 Å². The van der Waals surface area contributed by atoms with Crippen LogP contribution in [0.5, 0.6) is 5.75 Å². The molecule has 0 aromatic heterocycles. The highest BCUT2D eigenvalue weighted by molar-refractivity contribution is 14.2. The van der Waals surface area contributed by atoms with E-state index in [4.69, 9.17) is 0 Å². The summed E-state index contributed by atoms with van der Waals surface area (Å²) in [4.78, 5) is 0. The molecule has 4 atom stereocenters. The van der Waals surface area contributed by atoms with Gasteiger partial charge in [-0.25, -0.2) is 0 Å². The number of benzene rings is 1. The normalized spacial score (nSPS) is 30.6. The van der Waals surface area contributed by atoms with Crippen LogP contribution < -0.4 is 6.64 Å². The maximum absolute atomic E-state index is 10.7. The summed E-state index contributed by atoms with van der Waals surface area (Å²) in [5, 5.41) is 14.4. The molecular formula is C19H22I2N2O. The predicted molar refractivity (Wildman–Crippen MR) is 117 cm³/mol. The molecule has 2 N–H and O–H groups in total. The average molecular weight is 548 g/mol. The molecule has 1 heterocycles. The van der Waals surface area contributed by atoms with Gasteiger partial charge in [0.2, 0.25) is 0 Å². The molecule has 1 aromatic carbocycles. The van der Waals surface area contributed by atoms with E-state index in [1.807, 2.05) is 6.07 Å². The van der Waals surface area contributed by atoms with Crippen LogP contribution in [0.4, 0.5) is 11.4 Å². The largest absolute Gasteiger partial charge is 0.506 e. The van der Waals surface area contributed by atoms with E-state index in [0.29, 0.717) is 29.5 Å². The standard InChI is InChI=1S/C19H22I2N2O/c1-11-10-15(24)18-16(19(11)23(20)21)13-8-5-9-14(13)17(22-18)12-6-3-2-4-7-12/h2-3,5,8,10,12-14,17,22,24H,4,6-7,9H2,1H3. The van der Waals surface area contributed by atoms with Crippen LogP contribution in [0, 0.1) is 18.8 Å². The van der Waals surface area contributed by atoms with E-state index >= 15 is 0 Å². The van der Waals surface area contributed by atoms with Crippen molar-refractivity contribution in [3.05, 3.63) is 41.5 Å². The van der Waals surface area contributed by atoms with Gasteiger partial charge in [-0.05, 0) is 56.1 Å². The number of nitrogens with one attached hydrogen (secondary N) is 1. The second kappa shape index (κ2) is 6.70. The molecule has 1 aliphatic heterocycles. The van der Waals surface area contributed by atoms with Gasteiger partial charge in [0.25, 0.3) is 0 Å². The van der Waals surface area contributed by atoms with Crippen LogP contribution in [0.2, 0.25) is 0 Å².